The molecule has 1 aromatic rings. The number of hydrogen-bond donors (Lipinski definition) is 0. The van der Waals surface area contributed by atoms with Gasteiger partial charge < -0.3 is 0 Å². The summed E-state index contributed by atoms with van der Waals surface area (Å²) in [7, 11) is 0. The Balaban J connectivity index is 2.38. The molecule has 0 aliphatic carbocycles. The summed E-state index contributed by atoms with van der Waals surface area (Å²) >= 11 is 0.144. The first kappa shape index (κ1) is 9.14. The van der Waals surface area contributed by atoms with Crippen molar-refractivity contribution >= 4 is 25.5 Å². The van der Waals surface area contributed by atoms with Gasteiger partial charge in [-0.2, -0.15) is 0 Å². The van der Waals surface area contributed by atoms with Crippen LogP contribution in [0.25, 0.3) is 0 Å². The standard InChI is InChI=1S/C10H6N2OSe/c11-5-7-2-1-3-8(4-7)10-12-9(13)6-14-10/h1-4H,6H2. The van der Waals surface area contributed by atoms with Gasteiger partial charge in [-0.3, -0.25) is 0 Å². The van der Waals surface area contributed by atoms with E-state index in [1.165, 1.54) is 0 Å². The van der Waals surface area contributed by atoms with E-state index < -0.39 is 0 Å². The first-order valence-corrected chi connectivity index (χ1v) is 6.11. The van der Waals surface area contributed by atoms with Crippen molar-refractivity contribution in [2.24, 2.45) is 4.99 Å². The molecule has 4 heteroatoms. The van der Waals surface area contributed by atoms with Crippen LogP contribution in [0.2, 0.25) is 5.32 Å². The van der Waals surface area contributed by atoms with Gasteiger partial charge in [-0.15, -0.1) is 0 Å². The summed E-state index contributed by atoms with van der Waals surface area (Å²) < 4.78 is 0.861. The van der Waals surface area contributed by atoms with Crippen LogP contribution >= 0.6 is 0 Å². The Morgan fingerprint density at radius 3 is 3.00 bits per heavy atom. The van der Waals surface area contributed by atoms with Crippen molar-refractivity contribution in [3.05, 3.63) is 35.4 Å². The molecule has 1 amide bonds. The Morgan fingerprint density at radius 1 is 1.50 bits per heavy atom. The topological polar surface area (TPSA) is 53.2 Å². The molecule has 14 heavy (non-hydrogen) atoms. The van der Waals surface area contributed by atoms with Crippen LogP contribution in [-0.4, -0.2) is 25.5 Å². The summed E-state index contributed by atoms with van der Waals surface area (Å²) in [4.78, 5) is 14.9. The second kappa shape index (κ2) is 3.75. The molecular formula is C10H6N2OSe. The van der Waals surface area contributed by atoms with E-state index in [0.717, 1.165) is 10.2 Å². The number of benzene rings is 1. The summed E-state index contributed by atoms with van der Waals surface area (Å²) in [6.45, 7) is 0. The van der Waals surface area contributed by atoms with Gasteiger partial charge in [0.1, 0.15) is 0 Å². The summed E-state index contributed by atoms with van der Waals surface area (Å²) in [6, 6.07) is 9.29. The maximum atomic E-state index is 10.9. The number of nitrogens with zero attached hydrogens (tertiary/aromatic N) is 2. The van der Waals surface area contributed by atoms with Crippen molar-refractivity contribution < 1.29 is 4.79 Å². The van der Waals surface area contributed by atoms with Gasteiger partial charge in [0.2, 0.25) is 0 Å². The van der Waals surface area contributed by atoms with Crippen molar-refractivity contribution in [3.8, 4) is 6.07 Å². The molecular weight excluding hydrogens is 243 g/mol. The molecule has 1 aliphatic heterocycles. The van der Waals surface area contributed by atoms with E-state index in [1.54, 1.807) is 12.1 Å². The second-order valence-electron chi connectivity index (χ2n) is 2.79. The molecule has 0 fully saturated rings. The zero-order chi connectivity index (χ0) is 9.97. The predicted molar refractivity (Wildman–Crippen MR) is 53.3 cm³/mol. The Labute approximate surface area is 87.6 Å². The molecule has 1 aromatic carbocycles. The van der Waals surface area contributed by atoms with E-state index in [9.17, 15) is 4.79 Å². The Bertz CT molecular complexity index is 459. The fourth-order valence-corrected chi connectivity index (χ4v) is 2.82. The number of rotatable bonds is 1. The summed E-state index contributed by atoms with van der Waals surface area (Å²) in [6.07, 6.45) is 0. The van der Waals surface area contributed by atoms with Crippen LogP contribution in [0.1, 0.15) is 11.1 Å². The van der Waals surface area contributed by atoms with Crippen molar-refractivity contribution in [3.63, 3.8) is 0 Å². The first-order valence-electron chi connectivity index (χ1n) is 4.04. The number of carbonyl (C=O) groups is 1. The normalized spacial score (nSPS) is 15.1. The van der Waals surface area contributed by atoms with Crippen LogP contribution in [0, 0.1) is 11.3 Å². The van der Waals surface area contributed by atoms with E-state index >= 15 is 0 Å². The molecule has 0 saturated heterocycles. The number of nitriles is 1. The summed E-state index contributed by atoms with van der Waals surface area (Å²) in [5.74, 6) is -0.0395. The quantitative estimate of drug-likeness (QED) is 0.696. The third kappa shape index (κ3) is 1.74. The molecule has 1 aliphatic rings. The predicted octanol–water partition coefficient (Wildman–Crippen LogP) is 0.968. The van der Waals surface area contributed by atoms with Crippen LogP contribution in [0.5, 0.6) is 0 Å². The number of hydrogen-bond acceptors (Lipinski definition) is 2. The molecule has 1 heterocycles. The van der Waals surface area contributed by atoms with Gasteiger partial charge in [-0.05, 0) is 0 Å². The van der Waals surface area contributed by atoms with Crippen LogP contribution in [0.4, 0.5) is 0 Å². The molecule has 0 aromatic heterocycles. The number of amides is 1. The van der Waals surface area contributed by atoms with Crippen molar-refractivity contribution in [2.45, 2.75) is 5.32 Å². The first-order chi connectivity index (χ1) is 6.79. The fraction of sp³-hybridized carbons (Fsp3) is 0.100. The van der Waals surface area contributed by atoms with Gasteiger partial charge in [-0.1, -0.05) is 0 Å². The molecule has 0 spiro atoms. The Kier molecular flexibility index (Phi) is 2.45. The number of carbonyl (C=O) groups excluding carboxylic acids is 1. The van der Waals surface area contributed by atoms with Gasteiger partial charge >= 0.3 is 87.3 Å². The third-order valence-corrected chi connectivity index (χ3v) is 3.88. The van der Waals surface area contributed by atoms with E-state index in [2.05, 4.69) is 11.1 Å². The number of aliphatic imine (C=N–C) groups is 1. The van der Waals surface area contributed by atoms with E-state index in [-0.39, 0.29) is 20.9 Å². The van der Waals surface area contributed by atoms with Gasteiger partial charge in [0.15, 0.2) is 0 Å². The molecule has 3 nitrogen and oxygen atoms in total. The second-order valence-corrected chi connectivity index (χ2v) is 4.81. The Hall–Kier alpha value is -1.43. The molecule has 2 rings (SSSR count). The van der Waals surface area contributed by atoms with Gasteiger partial charge in [0.25, 0.3) is 0 Å². The van der Waals surface area contributed by atoms with Gasteiger partial charge in [0, 0.05) is 0 Å². The summed E-state index contributed by atoms with van der Waals surface area (Å²) in [5, 5.41) is 9.26. The van der Waals surface area contributed by atoms with Crippen LogP contribution in [-0.2, 0) is 4.79 Å². The monoisotopic (exact) mass is 250 g/mol. The third-order valence-electron chi connectivity index (χ3n) is 1.80. The van der Waals surface area contributed by atoms with E-state index in [4.69, 9.17) is 5.26 Å². The molecule has 0 unspecified atom stereocenters. The molecule has 68 valence electrons. The van der Waals surface area contributed by atoms with Crippen LogP contribution < -0.4 is 0 Å². The average molecular weight is 249 g/mol. The van der Waals surface area contributed by atoms with E-state index in [1.807, 2.05) is 12.1 Å². The molecule has 0 N–H and O–H groups in total. The van der Waals surface area contributed by atoms with E-state index in [0.29, 0.717) is 10.9 Å². The molecule has 0 bridgehead atoms. The van der Waals surface area contributed by atoms with Crippen LogP contribution in [0.15, 0.2) is 29.3 Å². The maximum absolute atomic E-state index is 10.9. The Morgan fingerprint density at radius 2 is 2.36 bits per heavy atom. The minimum atomic E-state index is -0.0395. The van der Waals surface area contributed by atoms with Gasteiger partial charge in [0.05, 0.1) is 0 Å². The summed E-state index contributed by atoms with van der Waals surface area (Å²) in [5.41, 5.74) is 1.52. The molecule has 0 saturated carbocycles. The van der Waals surface area contributed by atoms with Crippen molar-refractivity contribution in [2.75, 3.05) is 0 Å². The molecule has 0 atom stereocenters. The van der Waals surface area contributed by atoms with Crippen molar-refractivity contribution in [1.29, 1.82) is 5.26 Å². The zero-order valence-electron chi connectivity index (χ0n) is 7.23. The minimum absolute atomic E-state index is 0.0395. The molecule has 0 radical (unpaired) electrons. The van der Waals surface area contributed by atoms with Crippen molar-refractivity contribution in [1.82, 2.24) is 0 Å². The average Bonchev–Trinajstić information content (AvgIpc) is 2.65. The van der Waals surface area contributed by atoms with Crippen LogP contribution in [0.3, 0.4) is 0 Å². The zero-order valence-corrected chi connectivity index (χ0v) is 8.94. The van der Waals surface area contributed by atoms with Gasteiger partial charge in [-0.25, -0.2) is 0 Å². The SMILES string of the molecule is N#Cc1cccc(C2=NC(=O)C[Se]2)c1. The fourth-order valence-electron chi connectivity index (χ4n) is 1.18.